The lowest BCUT2D eigenvalue weighted by molar-refractivity contribution is 0.0201. The summed E-state index contributed by atoms with van der Waals surface area (Å²) in [5.74, 6) is 0.739. The fraction of sp³-hybridized carbons (Fsp3) is 1.00. The summed E-state index contributed by atoms with van der Waals surface area (Å²) in [4.78, 5) is 0. The summed E-state index contributed by atoms with van der Waals surface area (Å²) in [6.07, 6.45) is 5.54. The van der Waals surface area contributed by atoms with Crippen LogP contribution in [-0.4, -0.2) is 26.4 Å². The van der Waals surface area contributed by atoms with Gasteiger partial charge in [-0.3, -0.25) is 0 Å². The monoisotopic (exact) mass is 172 g/mol. The van der Waals surface area contributed by atoms with Crippen LogP contribution in [0.4, 0.5) is 0 Å². The van der Waals surface area contributed by atoms with E-state index in [1.54, 1.807) is 0 Å². The molecule has 1 aliphatic carbocycles. The van der Waals surface area contributed by atoms with Gasteiger partial charge in [0.15, 0.2) is 0 Å². The van der Waals surface area contributed by atoms with Crippen molar-refractivity contribution in [2.45, 2.75) is 38.7 Å². The zero-order valence-electron chi connectivity index (χ0n) is 8.21. The Labute approximate surface area is 75.2 Å². The molecule has 0 heterocycles. The quantitative estimate of drug-likeness (QED) is 0.647. The van der Waals surface area contributed by atoms with Crippen LogP contribution >= 0.6 is 0 Å². The molecule has 1 aliphatic rings. The van der Waals surface area contributed by atoms with Gasteiger partial charge in [0.2, 0.25) is 0 Å². The van der Waals surface area contributed by atoms with Crippen molar-refractivity contribution in [3.05, 3.63) is 0 Å². The third-order valence-electron chi connectivity index (χ3n) is 2.63. The largest absolute Gasteiger partial charge is 0.381 e. The molecular formula is C10H20O2. The molecule has 0 aromatic heterocycles. The normalized spacial score (nSPS) is 30.5. The number of rotatable bonds is 4. The van der Waals surface area contributed by atoms with Gasteiger partial charge in [0.1, 0.15) is 0 Å². The summed E-state index contributed by atoms with van der Waals surface area (Å²) in [7, 11) is 1.81. The molecule has 0 bridgehead atoms. The Morgan fingerprint density at radius 3 is 2.83 bits per heavy atom. The van der Waals surface area contributed by atoms with Crippen molar-refractivity contribution in [1.29, 1.82) is 0 Å². The Bertz CT molecular complexity index is 114. The Morgan fingerprint density at radius 1 is 1.33 bits per heavy atom. The topological polar surface area (TPSA) is 18.5 Å². The third kappa shape index (κ3) is 3.11. The van der Waals surface area contributed by atoms with Crippen LogP contribution in [0, 0.1) is 5.92 Å². The molecule has 0 aromatic carbocycles. The van der Waals surface area contributed by atoms with Gasteiger partial charge in [-0.1, -0.05) is 6.42 Å². The van der Waals surface area contributed by atoms with Crippen LogP contribution < -0.4 is 0 Å². The second-order valence-corrected chi connectivity index (χ2v) is 3.55. The summed E-state index contributed by atoms with van der Waals surface area (Å²) in [6.45, 7) is 3.82. The summed E-state index contributed by atoms with van der Waals surface area (Å²) in [6, 6.07) is 0. The maximum atomic E-state index is 5.41. The summed E-state index contributed by atoms with van der Waals surface area (Å²) in [5, 5.41) is 0. The van der Waals surface area contributed by atoms with Gasteiger partial charge in [0.25, 0.3) is 0 Å². The van der Waals surface area contributed by atoms with E-state index >= 15 is 0 Å². The first-order valence-corrected chi connectivity index (χ1v) is 4.97. The van der Waals surface area contributed by atoms with E-state index in [1.165, 1.54) is 25.7 Å². The van der Waals surface area contributed by atoms with Crippen molar-refractivity contribution >= 4 is 0 Å². The minimum absolute atomic E-state index is 0.490. The number of hydrogen-bond acceptors (Lipinski definition) is 2. The van der Waals surface area contributed by atoms with Crippen LogP contribution in [0.25, 0.3) is 0 Å². The molecule has 2 nitrogen and oxygen atoms in total. The lowest BCUT2D eigenvalue weighted by Crippen LogP contribution is -2.24. The first-order valence-electron chi connectivity index (χ1n) is 4.97. The van der Waals surface area contributed by atoms with E-state index in [0.29, 0.717) is 6.10 Å². The highest BCUT2D eigenvalue weighted by molar-refractivity contribution is 4.72. The van der Waals surface area contributed by atoms with Crippen molar-refractivity contribution in [1.82, 2.24) is 0 Å². The van der Waals surface area contributed by atoms with E-state index in [9.17, 15) is 0 Å². The molecule has 0 amide bonds. The fourth-order valence-corrected chi connectivity index (χ4v) is 1.89. The van der Waals surface area contributed by atoms with Crippen molar-refractivity contribution in [2.75, 3.05) is 20.3 Å². The second-order valence-electron chi connectivity index (χ2n) is 3.55. The summed E-state index contributed by atoms with van der Waals surface area (Å²) >= 11 is 0. The third-order valence-corrected chi connectivity index (χ3v) is 2.63. The minimum atomic E-state index is 0.490. The standard InChI is InChI=1S/C10H20O2/c1-3-12-8-9-5-4-6-10(7-9)11-2/h9-10H,3-8H2,1-2H3. The van der Waals surface area contributed by atoms with E-state index in [4.69, 9.17) is 9.47 Å². The van der Waals surface area contributed by atoms with Crippen LogP contribution in [-0.2, 0) is 9.47 Å². The van der Waals surface area contributed by atoms with Crippen LogP contribution in [0.3, 0.4) is 0 Å². The molecule has 0 spiro atoms. The average molecular weight is 172 g/mol. The van der Waals surface area contributed by atoms with E-state index in [0.717, 1.165) is 19.1 Å². The molecule has 12 heavy (non-hydrogen) atoms. The van der Waals surface area contributed by atoms with Gasteiger partial charge >= 0.3 is 0 Å². The Balaban J connectivity index is 2.16. The molecule has 72 valence electrons. The van der Waals surface area contributed by atoms with Gasteiger partial charge in [-0.15, -0.1) is 0 Å². The zero-order chi connectivity index (χ0) is 8.81. The first kappa shape index (κ1) is 10.0. The first-order chi connectivity index (χ1) is 5.86. The van der Waals surface area contributed by atoms with Crippen LogP contribution in [0.15, 0.2) is 0 Å². The maximum Gasteiger partial charge on any atom is 0.0574 e. The lowest BCUT2D eigenvalue weighted by atomic mass is 9.88. The molecule has 1 saturated carbocycles. The van der Waals surface area contributed by atoms with E-state index in [-0.39, 0.29) is 0 Å². The van der Waals surface area contributed by atoms with Crippen LogP contribution in [0.2, 0.25) is 0 Å². The highest BCUT2D eigenvalue weighted by Gasteiger charge is 2.21. The smallest absolute Gasteiger partial charge is 0.0574 e. The number of hydrogen-bond donors (Lipinski definition) is 0. The molecular weight excluding hydrogens is 152 g/mol. The lowest BCUT2D eigenvalue weighted by Gasteiger charge is -2.27. The fourth-order valence-electron chi connectivity index (χ4n) is 1.89. The SMILES string of the molecule is CCOCC1CCCC(OC)C1. The highest BCUT2D eigenvalue weighted by Crippen LogP contribution is 2.25. The van der Waals surface area contributed by atoms with Crippen molar-refractivity contribution in [3.8, 4) is 0 Å². The molecule has 0 aromatic rings. The van der Waals surface area contributed by atoms with Crippen molar-refractivity contribution in [2.24, 2.45) is 5.92 Å². The zero-order valence-corrected chi connectivity index (χ0v) is 8.21. The Kier molecular flexibility index (Phi) is 4.62. The highest BCUT2D eigenvalue weighted by atomic mass is 16.5. The van der Waals surface area contributed by atoms with Gasteiger partial charge in [0.05, 0.1) is 6.10 Å². The second kappa shape index (κ2) is 5.55. The van der Waals surface area contributed by atoms with Gasteiger partial charge < -0.3 is 9.47 Å². The summed E-state index contributed by atoms with van der Waals surface area (Å²) in [5.41, 5.74) is 0. The molecule has 0 saturated heterocycles. The van der Waals surface area contributed by atoms with Gasteiger partial charge in [-0.2, -0.15) is 0 Å². The predicted molar refractivity (Wildman–Crippen MR) is 49.2 cm³/mol. The maximum absolute atomic E-state index is 5.41. The summed E-state index contributed by atoms with van der Waals surface area (Å²) < 4.78 is 10.8. The van der Waals surface area contributed by atoms with E-state index in [2.05, 4.69) is 6.92 Å². The Hall–Kier alpha value is -0.0800. The van der Waals surface area contributed by atoms with Crippen molar-refractivity contribution in [3.63, 3.8) is 0 Å². The van der Waals surface area contributed by atoms with Crippen LogP contribution in [0.5, 0.6) is 0 Å². The molecule has 0 aliphatic heterocycles. The number of ether oxygens (including phenoxy) is 2. The predicted octanol–water partition coefficient (Wildman–Crippen LogP) is 2.23. The molecule has 2 unspecified atom stereocenters. The van der Waals surface area contributed by atoms with Gasteiger partial charge in [-0.25, -0.2) is 0 Å². The molecule has 1 fully saturated rings. The van der Waals surface area contributed by atoms with Crippen LogP contribution in [0.1, 0.15) is 32.6 Å². The number of methoxy groups -OCH3 is 1. The van der Waals surface area contributed by atoms with Crippen molar-refractivity contribution < 1.29 is 9.47 Å². The molecule has 2 atom stereocenters. The molecule has 0 N–H and O–H groups in total. The Morgan fingerprint density at radius 2 is 2.17 bits per heavy atom. The molecule has 0 radical (unpaired) electrons. The average Bonchev–Trinajstić information content (AvgIpc) is 2.15. The van der Waals surface area contributed by atoms with Gasteiger partial charge in [-0.05, 0) is 32.1 Å². The van der Waals surface area contributed by atoms with E-state index in [1.807, 2.05) is 7.11 Å². The minimum Gasteiger partial charge on any atom is -0.381 e. The van der Waals surface area contributed by atoms with E-state index < -0.39 is 0 Å². The van der Waals surface area contributed by atoms with Gasteiger partial charge in [0, 0.05) is 20.3 Å². The molecule has 2 heteroatoms. The molecule has 1 rings (SSSR count).